The van der Waals surface area contributed by atoms with E-state index in [9.17, 15) is 18.0 Å². The summed E-state index contributed by atoms with van der Waals surface area (Å²) < 4.78 is 42.5. The summed E-state index contributed by atoms with van der Waals surface area (Å²) in [4.78, 5) is 19.0. The zero-order chi connectivity index (χ0) is 14.8. The predicted molar refractivity (Wildman–Crippen MR) is 60.6 cm³/mol. The number of nitrogens with one attached hydrogen (secondary N) is 1. The molecule has 0 saturated carbocycles. The number of methoxy groups -OCH3 is 1. The van der Waals surface area contributed by atoms with E-state index in [-0.39, 0.29) is 11.8 Å². The fourth-order valence-electron chi connectivity index (χ4n) is 1.06. The van der Waals surface area contributed by atoms with Gasteiger partial charge in [-0.25, -0.2) is 4.98 Å². The van der Waals surface area contributed by atoms with Crippen LogP contribution < -0.4 is 15.8 Å². The van der Waals surface area contributed by atoms with Gasteiger partial charge in [-0.15, -0.1) is 0 Å². The molecule has 1 aromatic heterocycles. The number of hydrogen-bond donors (Lipinski definition) is 2. The Balaban J connectivity index is 2.97. The monoisotopic (exact) mass is 278 g/mol. The average molecular weight is 278 g/mol. The van der Waals surface area contributed by atoms with Crippen LogP contribution in [0.25, 0.3) is 0 Å². The minimum atomic E-state index is -4.88. The van der Waals surface area contributed by atoms with Gasteiger partial charge in [0.15, 0.2) is 5.54 Å². The molecule has 6 nitrogen and oxygen atoms in total. The number of hydrogen-bond acceptors (Lipinski definition) is 5. The molecule has 1 heterocycles. The lowest BCUT2D eigenvalue weighted by Gasteiger charge is -2.25. The highest BCUT2D eigenvalue weighted by molar-refractivity contribution is 5.97. The first-order valence-corrected chi connectivity index (χ1v) is 5.14. The molecule has 0 aliphatic carbocycles. The van der Waals surface area contributed by atoms with Crippen LogP contribution in [0.3, 0.4) is 0 Å². The van der Waals surface area contributed by atoms with Crippen LogP contribution in [0.5, 0.6) is 5.88 Å². The van der Waals surface area contributed by atoms with Gasteiger partial charge in [0.25, 0.3) is 5.91 Å². The van der Waals surface area contributed by atoms with Crippen molar-refractivity contribution in [2.45, 2.75) is 25.6 Å². The molecule has 1 aromatic rings. The summed E-state index contributed by atoms with van der Waals surface area (Å²) in [5, 5.41) is 1.92. The Labute approximate surface area is 107 Å². The number of anilines is 1. The maximum Gasteiger partial charge on any atom is 0.415 e. The molecule has 1 amide bonds. The summed E-state index contributed by atoms with van der Waals surface area (Å²) in [5.41, 5.74) is 2.36. The maximum absolute atomic E-state index is 12.6. The standard InChI is InChI=1S/C10H13F3N4O2/c1-5-4-6(19-3)16-8(15-5)17-7(18)9(2,14)10(11,12)13/h4H,14H2,1-3H3,(H,15,16,17,18). The van der Waals surface area contributed by atoms with Crippen molar-refractivity contribution in [3.8, 4) is 5.88 Å². The topological polar surface area (TPSA) is 90.1 Å². The van der Waals surface area contributed by atoms with E-state index in [1.807, 2.05) is 5.32 Å². The van der Waals surface area contributed by atoms with Crippen molar-refractivity contribution in [3.63, 3.8) is 0 Å². The zero-order valence-electron chi connectivity index (χ0n) is 10.5. The van der Waals surface area contributed by atoms with Gasteiger partial charge in [-0.1, -0.05) is 0 Å². The summed E-state index contributed by atoms with van der Waals surface area (Å²) in [6.45, 7) is 2.14. The van der Waals surface area contributed by atoms with Gasteiger partial charge in [-0.2, -0.15) is 18.2 Å². The van der Waals surface area contributed by atoms with Crippen molar-refractivity contribution in [2.24, 2.45) is 5.73 Å². The second-order valence-electron chi connectivity index (χ2n) is 4.03. The molecule has 0 aliphatic rings. The highest BCUT2D eigenvalue weighted by atomic mass is 19.4. The molecule has 1 rings (SSSR count). The van der Waals surface area contributed by atoms with Gasteiger partial charge in [0.05, 0.1) is 7.11 Å². The number of nitrogens with two attached hydrogens (primary N) is 1. The molecule has 0 aliphatic heterocycles. The number of aromatic nitrogens is 2. The molecule has 0 aromatic carbocycles. The van der Waals surface area contributed by atoms with Gasteiger partial charge in [0, 0.05) is 11.8 Å². The molecule has 0 spiro atoms. The minimum absolute atomic E-state index is 0.119. The van der Waals surface area contributed by atoms with E-state index >= 15 is 0 Å². The van der Waals surface area contributed by atoms with Crippen LogP contribution >= 0.6 is 0 Å². The third kappa shape index (κ3) is 3.31. The van der Waals surface area contributed by atoms with E-state index in [4.69, 9.17) is 10.5 Å². The van der Waals surface area contributed by atoms with Crippen molar-refractivity contribution in [3.05, 3.63) is 11.8 Å². The highest BCUT2D eigenvalue weighted by Crippen LogP contribution is 2.28. The Bertz CT molecular complexity index is 488. The minimum Gasteiger partial charge on any atom is -0.481 e. The smallest absolute Gasteiger partial charge is 0.415 e. The van der Waals surface area contributed by atoms with Crippen LogP contribution in [0.4, 0.5) is 19.1 Å². The molecule has 19 heavy (non-hydrogen) atoms. The normalized spacial score (nSPS) is 14.7. The zero-order valence-corrected chi connectivity index (χ0v) is 10.5. The van der Waals surface area contributed by atoms with Crippen LogP contribution in [0.2, 0.25) is 0 Å². The summed E-state index contributed by atoms with van der Waals surface area (Å²) >= 11 is 0. The highest BCUT2D eigenvalue weighted by Gasteiger charge is 2.54. The predicted octanol–water partition coefficient (Wildman–Crippen LogP) is 1.01. The fraction of sp³-hybridized carbons (Fsp3) is 0.500. The van der Waals surface area contributed by atoms with Crippen molar-refractivity contribution in [2.75, 3.05) is 12.4 Å². The summed E-state index contributed by atoms with van der Waals surface area (Å²) in [6.07, 6.45) is -4.88. The third-order valence-corrected chi connectivity index (χ3v) is 2.33. The van der Waals surface area contributed by atoms with Gasteiger partial charge < -0.3 is 10.5 Å². The number of carbonyl (C=O) groups excluding carboxylic acids is 1. The first kappa shape index (κ1) is 15.2. The Morgan fingerprint density at radius 1 is 1.42 bits per heavy atom. The summed E-state index contributed by atoms with van der Waals surface area (Å²) in [7, 11) is 1.33. The third-order valence-electron chi connectivity index (χ3n) is 2.33. The molecule has 0 fully saturated rings. The number of amides is 1. The van der Waals surface area contributed by atoms with E-state index in [1.54, 1.807) is 6.92 Å². The molecule has 0 saturated heterocycles. The number of aryl methyl sites for hydroxylation is 1. The van der Waals surface area contributed by atoms with Gasteiger partial charge in [-0.3, -0.25) is 10.1 Å². The molecule has 1 unspecified atom stereocenters. The molecule has 0 radical (unpaired) electrons. The lowest BCUT2D eigenvalue weighted by molar-refractivity contribution is -0.184. The number of alkyl halides is 3. The molecule has 9 heteroatoms. The SMILES string of the molecule is COc1cc(C)nc(NC(=O)C(C)(N)C(F)(F)F)n1. The second kappa shape index (κ2) is 5.00. The number of ether oxygens (including phenoxy) is 1. The van der Waals surface area contributed by atoms with Crippen LogP contribution in [-0.2, 0) is 4.79 Å². The molecule has 106 valence electrons. The molecule has 1 atom stereocenters. The van der Waals surface area contributed by atoms with E-state index < -0.39 is 17.6 Å². The molecule has 3 N–H and O–H groups in total. The Morgan fingerprint density at radius 2 is 2.00 bits per heavy atom. The van der Waals surface area contributed by atoms with E-state index in [2.05, 4.69) is 9.97 Å². The van der Waals surface area contributed by atoms with Crippen LogP contribution in [-0.4, -0.2) is 34.7 Å². The number of halogens is 3. The lowest BCUT2D eigenvalue weighted by atomic mass is 10.0. The number of carbonyl (C=O) groups is 1. The fourth-order valence-corrected chi connectivity index (χ4v) is 1.06. The second-order valence-corrected chi connectivity index (χ2v) is 4.03. The molecular weight excluding hydrogens is 265 g/mol. The van der Waals surface area contributed by atoms with Gasteiger partial charge in [0.1, 0.15) is 0 Å². The molecular formula is C10H13F3N4O2. The lowest BCUT2D eigenvalue weighted by Crippen LogP contribution is -2.59. The van der Waals surface area contributed by atoms with Crippen molar-refractivity contribution in [1.82, 2.24) is 9.97 Å². The Morgan fingerprint density at radius 3 is 2.47 bits per heavy atom. The van der Waals surface area contributed by atoms with Gasteiger partial charge >= 0.3 is 6.18 Å². The number of rotatable bonds is 3. The first-order chi connectivity index (χ1) is 8.57. The van der Waals surface area contributed by atoms with Crippen LogP contribution in [0.1, 0.15) is 12.6 Å². The van der Waals surface area contributed by atoms with Crippen LogP contribution in [0, 0.1) is 6.92 Å². The Hall–Kier alpha value is -1.90. The molecule has 0 bridgehead atoms. The summed E-state index contributed by atoms with van der Waals surface area (Å²) in [5.74, 6) is -1.64. The van der Waals surface area contributed by atoms with Crippen molar-refractivity contribution < 1.29 is 22.7 Å². The maximum atomic E-state index is 12.6. The first-order valence-electron chi connectivity index (χ1n) is 5.14. The largest absolute Gasteiger partial charge is 0.481 e. The van der Waals surface area contributed by atoms with Crippen LogP contribution in [0.15, 0.2) is 6.07 Å². The van der Waals surface area contributed by atoms with E-state index in [1.165, 1.54) is 13.2 Å². The van der Waals surface area contributed by atoms with Crippen molar-refractivity contribution >= 4 is 11.9 Å². The Kier molecular flexibility index (Phi) is 3.99. The van der Waals surface area contributed by atoms with Crippen molar-refractivity contribution in [1.29, 1.82) is 0 Å². The van der Waals surface area contributed by atoms with Gasteiger partial charge in [0.2, 0.25) is 11.8 Å². The van der Waals surface area contributed by atoms with E-state index in [0.717, 1.165) is 0 Å². The summed E-state index contributed by atoms with van der Waals surface area (Å²) in [6, 6.07) is 1.46. The number of nitrogens with zero attached hydrogens (tertiary/aromatic N) is 2. The van der Waals surface area contributed by atoms with E-state index in [0.29, 0.717) is 12.6 Å². The van der Waals surface area contributed by atoms with Gasteiger partial charge in [-0.05, 0) is 13.8 Å². The quantitative estimate of drug-likeness (QED) is 0.861. The average Bonchev–Trinajstić information content (AvgIpc) is 2.26.